The van der Waals surface area contributed by atoms with E-state index in [1.54, 1.807) is 6.92 Å². The summed E-state index contributed by atoms with van der Waals surface area (Å²) in [5.74, 6) is -0.300. The van der Waals surface area contributed by atoms with Crippen LogP contribution in [0.15, 0.2) is 24.3 Å². The van der Waals surface area contributed by atoms with E-state index < -0.39 is 6.03 Å². The van der Waals surface area contributed by atoms with Gasteiger partial charge in [-0.3, -0.25) is 10.1 Å². The Bertz CT molecular complexity index is 451. The molecular weight excluding hydrogens is 266 g/mol. The number of imide groups is 1. The molecule has 0 saturated carbocycles. The molecule has 0 saturated heterocycles. The van der Waals surface area contributed by atoms with Crippen molar-refractivity contribution in [3.05, 3.63) is 34.9 Å². The summed E-state index contributed by atoms with van der Waals surface area (Å²) in [5.41, 5.74) is 1.05. The maximum Gasteiger partial charge on any atom is 0.321 e. The van der Waals surface area contributed by atoms with Gasteiger partial charge in [0.05, 0.1) is 7.05 Å². The summed E-state index contributed by atoms with van der Waals surface area (Å²) in [4.78, 5) is 23.7. The summed E-state index contributed by atoms with van der Waals surface area (Å²) < 4.78 is 0. The van der Waals surface area contributed by atoms with Crippen LogP contribution in [0.2, 0.25) is 5.02 Å². The van der Waals surface area contributed by atoms with Crippen LogP contribution in [0, 0.1) is 0 Å². The van der Waals surface area contributed by atoms with Gasteiger partial charge in [-0.25, -0.2) is 4.79 Å². The smallest absolute Gasteiger partial charge is 0.321 e. The number of benzene rings is 1. The molecule has 19 heavy (non-hydrogen) atoms. The Hall–Kier alpha value is -1.59. The van der Waals surface area contributed by atoms with Gasteiger partial charge in [-0.05, 0) is 19.1 Å². The number of urea groups is 1. The third-order valence-corrected chi connectivity index (χ3v) is 2.68. The van der Waals surface area contributed by atoms with E-state index >= 15 is 0 Å². The van der Waals surface area contributed by atoms with Crippen molar-refractivity contribution in [1.82, 2.24) is 10.6 Å². The van der Waals surface area contributed by atoms with Crippen LogP contribution in [0.1, 0.15) is 12.5 Å². The van der Waals surface area contributed by atoms with Gasteiger partial charge in [0.15, 0.2) is 6.54 Å². The number of amides is 3. The molecule has 0 fully saturated rings. The lowest BCUT2D eigenvalue weighted by molar-refractivity contribution is -0.885. The molecule has 6 heteroatoms. The Morgan fingerprint density at radius 2 is 2.11 bits per heavy atom. The third kappa shape index (κ3) is 6.22. The molecule has 1 aromatic carbocycles. The van der Waals surface area contributed by atoms with Gasteiger partial charge < -0.3 is 10.2 Å². The molecule has 0 spiro atoms. The van der Waals surface area contributed by atoms with Crippen molar-refractivity contribution < 1.29 is 14.5 Å². The van der Waals surface area contributed by atoms with Gasteiger partial charge in [-0.15, -0.1) is 0 Å². The summed E-state index contributed by atoms with van der Waals surface area (Å²) in [5, 5.41) is 5.46. The number of carbonyl (C=O) groups excluding carboxylic acids is 2. The van der Waals surface area contributed by atoms with Crippen molar-refractivity contribution in [2.45, 2.75) is 13.5 Å². The highest BCUT2D eigenvalue weighted by Crippen LogP contribution is 2.09. The van der Waals surface area contributed by atoms with Crippen molar-refractivity contribution in [3.63, 3.8) is 0 Å². The van der Waals surface area contributed by atoms with Gasteiger partial charge in [-0.2, -0.15) is 0 Å². The quantitative estimate of drug-likeness (QED) is 0.723. The van der Waals surface area contributed by atoms with E-state index in [1.807, 2.05) is 31.3 Å². The monoisotopic (exact) mass is 284 g/mol. The molecule has 0 bridgehead atoms. The average molecular weight is 285 g/mol. The number of carbonyl (C=O) groups is 2. The lowest BCUT2D eigenvalue weighted by atomic mass is 10.2. The fraction of sp³-hybridized carbons (Fsp3) is 0.385. The number of halogens is 1. The maximum atomic E-state index is 11.6. The van der Waals surface area contributed by atoms with E-state index in [2.05, 4.69) is 10.6 Å². The second-order valence-corrected chi connectivity index (χ2v) is 4.78. The fourth-order valence-electron chi connectivity index (χ4n) is 1.71. The molecule has 104 valence electrons. The third-order valence-electron chi connectivity index (χ3n) is 2.45. The topological polar surface area (TPSA) is 62.6 Å². The van der Waals surface area contributed by atoms with Crippen LogP contribution in [-0.2, 0) is 11.3 Å². The van der Waals surface area contributed by atoms with Gasteiger partial charge in [0.1, 0.15) is 6.54 Å². The average Bonchev–Trinajstić information content (AvgIpc) is 2.28. The van der Waals surface area contributed by atoms with Crippen molar-refractivity contribution in [1.29, 1.82) is 0 Å². The zero-order chi connectivity index (χ0) is 14.3. The summed E-state index contributed by atoms with van der Waals surface area (Å²) in [6.07, 6.45) is 0. The van der Waals surface area contributed by atoms with Crippen LogP contribution < -0.4 is 15.5 Å². The van der Waals surface area contributed by atoms with E-state index in [1.165, 1.54) is 0 Å². The molecule has 3 N–H and O–H groups in total. The molecule has 1 aromatic rings. The van der Waals surface area contributed by atoms with Crippen LogP contribution in [0.4, 0.5) is 4.79 Å². The number of likely N-dealkylation sites (N-methyl/N-ethyl adjacent to an activating group) is 1. The Morgan fingerprint density at radius 1 is 1.37 bits per heavy atom. The first kappa shape index (κ1) is 15.5. The first-order valence-electron chi connectivity index (χ1n) is 6.14. The number of nitrogens with one attached hydrogen (secondary N) is 3. The number of hydrogen-bond acceptors (Lipinski definition) is 2. The van der Waals surface area contributed by atoms with Crippen molar-refractivity contribution in [2.75, 3.05) is 20.1 Å². The van der Waals surface area contributed by atoms with E-state index in [0.717, 1.165) is 10.5 Å². The number of quaternary nitrogens is 1. The molecule has 0 aliphatic carbocycles. The van der Waals surface area contributed by atoms with Crippen molar-refractivity contribution in [2.24, 2.45) is 0 Å². The zero-order valence-electron chi connectivity index (χ0n) is 11.1. The molecule has 3 amide bonds. The molecule has 0 aromatic heterocycles. The van der Waals surface area contributed by atoms with Gasteiger partial charge in [-0.1, -0.05) is 23.7 Å². The molecule has 0 aliphatic rings. The zero-order valence-corrected chi connectivity index (χ0v) is 11.9. The highest BCUT2D eigenvalue weighted by atomic mass is 35.5. The minimum atomic E-state index is -0.456. The molecule has 1 rings (SSSR count). The first-order valence-corrected chi connectivity index (χ1v) is 6.52. The minimum absolute atomic E-state index is 0.226. The molecule has 0 radical (unpaired) electrons. The lowest BCUT2D eigenvalue weighted by Gasteiger charge is -2.13. The van der Waals surface area contributed by atoms with E-state index in [4.69, 9.17) is 11.6 Å². The van der Waals surface area contributed by atoms with Crippen LogP contribution in [-0.4, -0.2) is 32.1 Å². The van der Waals surface area contributed by atoms with Gasteiger partial charge in [0.2, 0.25) is 0 Å². The Balaban J connectivity index is 2.40. The Labute approximate surface area is 117 Å². The second-order valence-electron chi connectivity index (χ2n) is 4.35. The van der Waals surface area contributed by atoms with Crippen LogP contribution >= 0.6 is 11.6 Å². The molecule has 5 nitrogen and oxygen atoms in total. The van der Waals surface area contributed by atoms with Gasteiger partial charge in [0, 0.05) is 17.1 Å². The lowest BCUT2D eigenvalue weighted by Crippen LogP contribution is -3.09. The largest absolute Gasteiger partial charge is 0.338 e. The highest BCUT2D eigenvalue weighted by molar-refractivity contribution is 6.30. The first-order chi connectivity index (χ1) is 9.01. The minimum Gasteiger partial charge on any atom is -0.338 e. The molecular formula is C13H19ClN3O2+. The van der Waals surface area contributed by atoms with Gasteiger partial charge >= 0.3 is 6.03 Å². The SMILES string of the molecule is CCNC(=O)NC(=O)C[NH+](C)Cc1cccc(Cl)c1. The maximum absolute atomic E-state index is 11.6. The fourth-order valence-corrected chi connectivity index (χ4v) is 1.92. The predicted octanol–water partition coefficient (Wildman–Crippen LogP) is 0.200. The summed E-state index contributed by atoms with van der Waals surface area (Å²) in [6.45, 7) is 3.18. The van der Waals surface area contributed by atoms with E-state index in [0.29, 0.717) is 18.1 Å². The van der Waals surface area contributed by atoms with Crippen molar-refractivity contribution in [3.8, 4) is 0 Å². The number of hydrogen-bond donors (Lipinski definition) is 3. The molecule has 1 unspecified atom stereocenters. The summed E-state index contributed by atoms with van der Waals surface area (Å²) in [6, 6.07) is 7.05. The Kier molecular flexibility index (Phi) is 6.32. The molecule has 0 aliphatic heterocycles. The number of rotatable bonds is 5. The summed E-state index contributed by atoms with van der Waals surface area (Å²) >= 11 is 5.90. The van der Waals surface area contributed by atoms with E-state index in [-0.39, 0.29) is 12.5 Å². The van der Waals surface area contributed by atoms with E-state index in [9.17, 15) is 9.59 Å². The molecule has 0 heterocycles. The molecule has 1 atom stereocenters. The normalized spacial score (nSPS) is 11.7. The standard InChI is InChI=1S/C13H18ClN3O2/c1-3-15-13(19)16-12(18)9-17(2)8-10-5-4-6-11(14)7-10/h4-7H,3,8-9H2,1-2H3,(H2,15,16,18,19)/p+1. The summed E-state index contributed by atoms with van der Waals surface area (Å²) in [7, 11) is 1.89. The van der Waals surface area contributed by atoms with Gasteiger partial charge in [0.25, 0.3) is 5.91 Å². The highest BCUT2D eigenvalue weighted by Gasteiger charge is 2.13. The predicted molar refractivity (Wildman–Crippen MR) is 74.1 cm³/mol. The second kappa shape index (κ2) is 7.76. The van der Waals surface area contributed by atoms with Crippen LogP contribution in [0.5, 0.6) is 0 Å². The van der Waals surface area contributed by atoms with Crippen LogP contribution in [0.3, 0.4) is 0 Å². The Morgan fingerprint density at radius 3 is 2.74 bits per heavy atom. The van der Waals surface area contributed by atoms with Crippen LogP contribution in [0.25, 0.3) is 0 Å². The van der Waals surface area contributed by atoms with Crippen molar-refractivity contribution >= 4 is 23.5 Å².